The van der Waals surface area contributed by atoms with Crippen LogP contribution >= 0.6 is 0 Å². The van der Waals surface area contributed by atoms with Crippen LogP contribution in [0.25, 0.3) is 0 Å². The molecule has 0 fully saturated rings. The first-order valence-electron chi connectivity index (χ1n) is 5.68. The molecule has 0 heterocycles. The van der Waals surface area contributed by atoms with Gasteiger partial charge in [0.1, 0.15) is 0 Å². The van der Waals surface area contributed by atoms with Gasteiger partial charge in [-0.05, 0) is 31.9 Å². The molecule has 0 aliphatic rings. The second-order valence-electron chi connectivity index (χ2n) is 4.06. The molecule has 1 N–H and O–H groups in total. The number of anilines is 1. The number of hydrogen-bond acceptors (Lipinski definition) is 2. The molecule has 88 valence electrons. The van der Waals surface area contributed by atoms with Crippen LogP contribution in [-0.4, -0.2) is 20.3 Å². The lowest BCUT2D eigenvalue weighted by molar-refractivity contribution is 0.202. The molecule has 0 amide bonds. The molecule has 0 saturated carbocycles. The van der Waals surface area contributed by atoms with Crippen molar-refractivity contribution in [3.05, 3.63) is 41.5 Å². The molecule has 0 bridgehead atoms. The normalized spacial score (nSPS) is 9.94. The number of ether oxygens (including phenoxy) is 1. The summed E-state index contributed by atoms with van der Waals surface area (Å²) in [5, 5.41) is 3.42. The van der Waals surface area contributed by atoms with Crippen molar-refractivity contribution in [2.45, 2.75) is 20.3 Å². The summed E-state index contributed by atoms with van der Waals surface area (Å²) in [6, 6.07) is 8.38. The van der Waals surface area contributed by atoms with Crippen molar-refractivity contribution >= 4 is 5.69 Å². The Balaban J connectivity index is 2.59. The summed E-state index contributed by atoms with van der Waals surface area (Å²) >= 11 is 0. The van der Waals surface area contributed by atoms with Crippen molar-refractivity contribution in [1.29, 1.82) is 0 Å². The van der Waals surface area contributed by atoms with Crippen LogP contribution in [0.5, 0.6) is 0 Å². The highest BCUT2D eigenvalue weighted by Crippen LogP contribution is 2.15. The molecule has 0 saturated heterocycles. The van der Waals surface area contributed by atoms with E-state index in [9.17, 15) is 0 Å². The molecule has 1 aromatic carbocycles. The summed E-state index contributed by atoms with van der Waals surface area (Å²) in [6.45, 7) is 5.87. The van der Waals surface area contributed by atoms with Crippen LogP contribution in [0.15, 0.2) is 35.9 Å². The minimum Gasteiger partial charge on any atom is -0.384 e. The largest absolute Gasteiger partial charge is 0.384 e. The fourth-order valence-corrected chi connectivity index (χ4v) is 1.49. The van der Waals surface area contributed by atoms with E-state index < -0.39 is 0 Å². The standard InChI is InChI=1S/C14H21NO/c1-12(2)8-10-15-14-7-5-4-6-13(14)9-11-16-3/h4-8,15H,9-11H2,1-3H3. The zero-order valence-electron chi connectivity index (χ0n) is 10.4. The molecule has 0 aromatic heterocycles. The molecule has 0 spiro atoms. The monoisotopic (exact) mass is 219 g/mol. The van der Waals surface area contributed by atoms with Crippen LogP contribution in [0, 0.1) is 0 Å². The minimum absolute atomic E-state index is 0.765. The molecule has 0 radical (unpaired) electrons. The maximum Gasteiger partial charge on any atom is 0.0503 e. The van der Waals surface area contributed by atoms with Crippen molar-refractivity contribution in [2.24, 2.45) is 0 Å². The Morgan fingerprint density at radius 1 is 1.31 bits per heavy atom. The van der Waals surface area contributed by atoms with Crippen molar-refractivity contribution in [1.82, 2.24) is 0 Å². The third kappa shape index (κ3) is 4.49. The van der Waals surface area contributed by atoms with Gasteiger partial charge in [-0.3, -0.25) is 0 Å². The van der Waals surface area contributed by atoms with Gasteiger partial charge in [-0.15, -0.1) is 0 Å². The third-order valence-electron chi connectivity index (χ3n) is 2.40. The van der Waals surface area contributed by atoms with Gasteiger partial charge in [0.05, 0.1) is 6.61 Å². The molecule has 1 aromatic rings. The third-order valence-corrected chi connectivity index (χ3v) is 2.40. The summed E-state index contributed by atoms with van der Waals surface area (Å²) in [6.07, 6.45) is 3.14. The second-order valence-corrected chi connectivity index (χ2v) is 4.06. The van der Waals surface area contributed by atoms with Gasteiger partial charge in [-0.25, -0.2) is 0 Å². The first kappa shape index (κ1) is 12.8. The predicted octanol–water partition coefficient (Wildman–Crippen LogP) is 3.25. The number of para-hydroxylation sites is 1. The van der Waals surface area contributed by atoms with E-state index in [1.807, 2.05) is 0 Å². The molecule has 16 heavy (non-hydrogen) atoms. The summed E-state index contributed by atoms with van der Waals surface area (Å²) in [5.41, 5.74) is 3.85. The predicted molar refractivity (Wildman–Crippen MR) is 69.9 cm³/mol. The molecule has 1 rings (SSSR count). The van der Waals surface area contributed by atoms with E-state index in [1.165, 1.54) is 16.8 Å². The van der Waals surface area contributed by atoms with E-state index in [4.69, 9.17) is 4.74 Å². The van der Waals surface area contributed by atoms with E-state index in [0.717, 1.165) is 19.6 Å². The Morgan fingerprint density at radius 3 is 2.75 bits per heavy atom. The van der Waals surface area contributed by atoms with Crippen molar-refractivity contribution in [2.75, 3.05) is 25.6 Å². The highest BCUT2D eigenvalue weighted by atomic mass is 16.5. The van der Waals surface area contributed by atoms with Gasteiger partial charge in [0.25, 0.3) is 0 Å². The Morgan fingerprint density at radius 2 is 2.06 bits per heavy atom. The summed E-state index contributed by atoms with van der Waals surface area (Å²) < 4.78 is 5.10. The number of benzene rings is 1. The zero-order chi connectivity index (χ0) is 11.8. The first-order valence-corrected chi connectivity index (χ1v) is 5.68. The fraction of sp³-hybridized carbons (Fsp3) is 0.429. The van der Waals surface area contributed by atoms with Crippen LogP contribution in [0.1, 0.15) is 19.4 Å². The number of methoxy groups -OCH3 is 1. The van der Waals surface area contributed by atoms with Crippen molar-refractivity contribution < 1.29 is 4.74 Å². The van der Waals surface area contributed by atoms with E-state index >= 15 is 0 Å². The maximum absolute atomic E-state index is 5.10. The lowest BCUT2D eigenvalue weighted by atomic mass is 10.1. The average molecular weight is 219 g/mol. The van der Waals surface area contributed by atoms with Crippen molar-refractivity contribution in [3.8, 4) is 0 Å². The smallest absolute Gasteiger partial charge is 0.0503 e. The molecule has 0 aliphatic heterocycles. The SMILES string of the molecule is COCCc1ccccc1NCC=C(C)C. The van der Waals surface area contributed by atoms with Crippen molar-refractivity contribution in [3.63, 3.8) is 0 Å². The van der Waals surface area contributed by atoms with E-state index in [-0.39, 0.29) is 0 Å². The minimum atomic E-state index is 0.765. The Hall–Kier alpha value is -1.28. The zero-order valence-corrected chi connectivity index (χ0v) is 10.4. The quantitative estimate of drug-likeness (QED) is 0.741. The molecule has 0 unspecified atom stereocenters. The Bertz CT molecular complexity index is 340. The number of rotatable bonds is 6. The van der Waals surface area contributed by atoms with Crippen LogP contribution < -0.4 is 5.32 Å². The topological polar surface area (TPSA) is 21.3 Å². The Labute approximate surface area is 98.3 Å². The highest BCUT2D eigenvalue weighted by molar-refractivity contribution is 5.51. The van der Waals surface area contributed by atoms with Gasteiger partial charge in [0.15, 0.2) is 0 Å². The van der Waals surface area contributed by atoms with Crippen LogP contribution in [-0.2, 0) is 11.2 Å². The van der Waals surface area contributed by atoms with Crippen LogP contribution in [0.2, 0.25) is 0 Å². The van der Waals surface area contributed by atoms with Gasteiger partial charge < -0.3 is 10.1 Å². The fourth-order valence-electron chi connectivity index (χ4n) is 1.49. The van der Waals surface area contributed by atoms with E-state index in [2.05, 4.69) is 49.5 Å². The van der Waals surface area contributed by atoms with Gasteiger partial charge >= 0.3 is 0 Å². The molecular formula is C14H21NO. The summed E-state index contributed by atoms with van der Waals surface area (Å²) in [4.78, 5) is 0. The van der Waals surface area contributed by atoms with E-state index in [0.29, 0.717) is 0 Å². The van der Waals surface area contributed by atoms with Gasteiger partial charge in [-0.1, -0.05) is 29.8 Å². The van der Waals surface area contributed by atoms with E-state index in [1.54, 1.807) is 7.11 Å². The molecule has 0 atom stereocenters. The lowest BCUT2D eigenvalue weighted by Crippen LogP contribution is -2.04. The summed E-state index contributed by atoms with van der Waals surface area (Å²) in [7, 11) is 1.74. The molecular weight excluding hydrogens is 198 g/mol. The highest BCUT2D eigenvalue weighted by Gasteiger charge is 1.99. The van der Waals surface area contributed by atoms with Crippen LogP contribution in [0.3, 0.4) is 0 Å². The lowest BCUT2D eigenvalue weighted by Gasteiger charge is -2.10. The van der Waals surface area contributed by atoms with Gasteiger partial charge in [0.2, 0.25) is 0 Å². The Kier molecular flexibility index (Phi) is 5.65. The maximum atomic E-state index is 5.10. The van der Waals surface area contributed by atoms with Crippen LogP contribution in [0.4, 0.5) is 5.69 Å². The van der Waals surface area contributed by atoms with Gasteiger partial charge in [-0.2, -0.15) is 0 Å². The van der Waals surface area contributed by atoms with Gasteiger partial charge in [0, 0.05) is 19.3 Å². The first-order chi connectivity index (χ1) is 7.74. The second kappa shape index (κ2) is 7.07. The average Bonchev–Trinajstić information content (AvgIpc) is 2.27. The molecule has 0 aliphatic carbocycles. The number of allylic oxidation sites excluding steroid dienone is 1. The summed E-state index contributed by atoms with van der Waals surface area (Å²) in [5.74, 6) is 0. The number of hydrogen-bond donors (Lipinski definition) is 1. The molecule has 2 heteroatoms. The number of nitrogens with one attached hydrogen (secondary N) is 1. The molecule has 2 nitrogen and oxygen atoms in total.